The molecule has 2 aliphatic rings. The summed E-state index contributed by atoms with van der Waals surface area (Å²) < 4.78 is 28.7. The number of hydrogen-bond donors (Lipinski definition) is 1. The molecule has 2 heterocycles. The molecule has 28 heavy (non-hydrogen) atoms. The van der Waals surface area contributed by atoms with Crippen molar-refractivity contribution in [3.05, 3.63) is 48.6 Å². The van der Waals surface area contributed by atoms with Crippen molar-refractivity contribution in [3.8, 4) is 0 Å². The molecule has 0 amide bonds. The van der Waals surface area contributed by atoms with E-state index in [0.29, 0.717) is 5.56 Å². The van der Waals surface area contributed by atoms with Gasteiger partial charge in [0.1, 0.15) is 12.2 Å². The van der Waals surface area contributed by atoms with Crippen molar-refractivity contribution in [2.45, 2.75) is 63.2 Å². The molecule has 2 fully saturated rings. The molecule has 3 rings (SSSR count). The first-order chi connectivity index (χ1) is 13.1. The zero-order valence-corrected chi connectivity index (χ0v) is 16.7. The molecule has 2 aliphatic heterocycles. The second-order valence-electron chi connectivity index (χ2n) is 7.97. The second kappa shape index (κ2) is 7.57. The maximum Gasteiger partial charge on any atom is 0.338 e. The fourth-order valence-electron chi connectivity index (χ4n) is 3.44. The normalized spacial score (nSPS) is 29.0. The molecule has 0 unspecified atom stereocenters. The first kappa shape index (κ1) is 21.0. The van der Waals surface area contributed by atoms with Crippen molar-refractivity contribution < 1.29 is 33.6 Å². The van der Waals surface area contributed by atoms with Gasteiger partial charge in [-0.25, -0.2) is 4.79 Å². The molecule has 0 spiro atoms. The van der Waals surface area contributed by atoms with E-state index in [2.05, 4.69) is 6.58 Å². The van der Waals surface area contributed by atoms with E-state index in [1.807, 2.05) is 0 Å². The Labute approximate surface area is 165 Å². The summed E-state index contributed by atoms with van der Waals surface area (Å²) in [5.74, 6) is -2.32. The van der Waals surface area contributed by atoms with E-state index in [0.717, 1.165) is 0 Å². The Morgan fingerprint density at radius 1 is 1.18 bits per heavy atom. The highest BCUT2D eigenvalue weighted by Crippen LogP contribution is 2.37. The van der Waals surface area contributed by atoms with Gasteiger partial charge in [0.15, 0.2) is 23.3 Å². The lowest BCUT2D eigenvalue weighted by molar-refractivity contribution is -0.204. The Morgan fingerprint density at radius 3 is 2.29 bits per heavy atom. The van der Waals surface area contributed by atoms with Crippen LogP contribution in [0.4, 0.5) is 0 Å². The van der Waals surface area contributed by atoms with Crippen molar-refractivity contribution in [2.75, 3.05) is 13.2 Å². The van der Waals surface area contributed by atoms with Crippen molar-refractivity contribution in [3.63, 3.8) is 0 Å². The minimum absolute atomic E-state index is 0.117. The largest absolute Gasteiger partial charge is 0.452 e. The number of hydrogen-bond acceptors (Lipinski definition) is 7. The third kappa shape index (κ3) is 4.29. The number of ether oxygens (including phenoxy) is 5. The van der Waals surface area contributed by atoms with Crippen molar-refractivity contribution in [2.24, 2.45) is 0 Å². The van der Waals surface area contributed by atoms with E-state index in [4.69, 9.17) is 23.7 Å². The summed E-state index contributed by atoms with van der Waals surface area (Å²) in [6, 6.07) is 8.55. The minimum Gasteiger partial charge on any atom is -0.452 e. The van der Waals surface area contributed by atoms with Gasteiger partial charge in [-0.2, -0.15) is 0 Å². The molecule has 1 aromatic rings. The predicted octanol–water partition coefficient (Wildman–Crippen LogP) is 2.43. The lowest BCUT2D eigenvalue weighted by Gasteiger charge is -2.39. The van der Waals surface area contributed by atoms with Gasteiger partial charge in [-0.15, -0.1) is 0 Å². The second-order valence-corrected chi connectivity index (χ2v) is 7.97. The van der Waals surface area contributed by atoms with Crippen LogP contribution in [0, 0.1) is 0 Å². The van der Waals surface area contributed by atoms with Gasteiger partial charge in [-0.1, -0.05) is 30.9 Å². The Kier molecular flexibility index (Phi) is 5.67. The summed E-state index contributed by atoms with van der Waals surface area (Å²) in [4.78, 5) is 12.7. The molecule has 0 bridgehead atoms. The number of carbonyl (C=O) groups excluding carboxylic acids is 1. The molecule has 4 atom stereocenters. The van der Waals surface area contributed by atoms with Crippen LogP contribution in [0.15, 0.2) is 43.0 Å². The maximum atomic E-state index is 12.7. The van der Waals surface area contributed by atoms with Crippen molar-refractivity contribution >= 4 is 5.97 Å². The fraction of sp³-hybridized carbons (Fsp3) is 0.571. The van der Waals surface area contributed by atoms with Gasteiger partial charge >= 0.3 is 5.97 Å². The Morgan fingerprint density at radius 2 is 1.79 bits per heavy atom. The molecule has 0 radical (unpaired) electrons. The summed E-state index contributed by atoms with van der Waals surface area (Å²) in [5.41, 5.74) is -1.38. The lowest BCUT2D eigenvalue weighted by Crippen LogP contribution is -2.59. The monoisotopic (exact) mass is 392 g/mol. The quantitative estimate of drug-likeness (QED) is 0.588. The van der Waals surface area contributed by atoms with Crippen molar-refractivity contribution in [1.82, 2.24) is 0 Å². The number of benzene rings is 1. The summed E-state index contributed by atoms with van der Waals surface area (Å²) in [6.45, 7) is 11.0. The Bertz CT molecular complexity index is 715. The highest BCUT2D eigenvalue weighted by atomic mass is 16.8. The van der Waals surface area contributed by atoms with Gasteiger partial charge in [0.2, 0.25) is 0 Å². The predicted molar refractivity (Wildman–Crippen MR) is 101 cm³/mol. The smallest absolute Gasteiger partial charge is 0.338 e. The molecule has 0 aliphatic carbocycles. The van der Waals surface area contributed by atoms with Crippen LogP contribution in [-0.2, 0) is 23.7 Å². The first-order valence-corrected chi connectivity index (χ1v) is 9.32. The van der Waals surface area contributed by atoms with E-state index in [1.54, 1.807) is 58.0 Å². The Hall–Kier alpha value is -1.77. The molecule has 0 aromatic heterocycles. The van der Waals surface area contributed by atoms with Crippen LogP contribution in [-0.4, -0.2) is 59.8 Å². The van der Waals surface area contributed by atoms with E-state index in [-0.39, 0.29) is 13.2 Å². The number of aliphatic hydroxyl groups is 1. The molecule has 154 valence electrons. The number of esters is 1. The Balaban J connectivity index is 1.90. The summed E-state index contributed by atoms with van der Waals surface area (Å²) in [7, 11) is 0. The van der Waals surface area contributed by atoms with Crippen LogP contribution < -0.4 is 0 Å². The van der Waals surface area contributed by atoms with E-state index < -0.39 is 41.5 Å². The first-order valence-electron chi connectivity index (χ1n) is 9.32. The molecule has 7 nitrogen and oxygen atoms in total. The molecule has 2 saturated heterocycles. The van der Waals surface area contributed by atoms with Crippen LogP contribution in [0.25, 0.3) is 0 Å². The van der Waals surface area contributed by atoms with Crippen LogP contribution >= 0.6 is 0 Å². The summed E-state index contributed by atoms with van der Waals surface area (Å²) in [5, 5.41) is 11.5. The van der Waals surface area contributed by atoms with Crippen LogP contribution in [0.5, 0.6) is 0 Å². The van der Waals surface area contributed by atoms with Gasteiger partial charge in [-0.05, 0) is 39.8 Å². The molecular weight excluding hydrogens is 364 g/mol. The summed E-state index contributed by atoms with van der Waals surface area (Å²) in [6.07, 6.45) is -1.29. The van der Waals surface area contributed by atoms with Crippen LogP contribution in [0.2, 0.25) is 0 Å². The van der Waals surface area contributed by atoms with Gasteiger partial charge in [0.25, 0.3) is 0 Å². The molecule has 7 heteroatoms. The minimum atomic E-state index is -1.74. The average molecular weight is 392 g/mol. The van der Waals surface area contributed by atoms with Crippen LogP contribution in [0.1, 0.15) is 38.1 Å². The number of rotatable bonds is 6. The maximum absolute atomic E-state index is 12.7. The lowest BCUT2D eigenvalue weighted by atomic mass is 9.87. The van der Waals surface area contributed by atoms with Gasteiger partial charge in [0.05, 0.1) is 18.8 Å². The highest BCUT2D eigenvalue weighted by Gasteiger charge is 2.55. The van der Waals surface area contributed by atoms with Crippen molar-refractivity contribution in [1.29, 1.82) is 0 Å². The molecule has 1 aromatic carbocycles. The van der Waals surface area contributed by atoms with Crippen LogP contribution in [0.3, 0.4) is 0 Å². The van der Waals surface area contributed by atoms with Gasteiger partial charge in [-0.3, -0.25) is 0 Å². The third-order valence-corrected chi connectivity index (χ3v) is 4.92. The molecular formula is C21H28O7. The standard InChI is InChI=1S/C21H28O7/c1-6-21(23,16-13-25-20(4,5)28-16)17(15-12-24-19(2,3)27-15)26-18(22)14-10-8-7-9-11-14/h6-11,15-17,23H,1,12-13H2,2-5H3/t15-,16-,17-,21-/m1/s1. The zero-order chi connectivity index (χ0) is 20.6. The highest BCUT2D eigenvalue weighted by molar-refractivity contribution is 5.89. The fourth-order valence-corrected chi connectivity index (χ4v) is 3.44. The van der Waals surface area contributed by atoms with E-state index in [1.165, 1.54) is 6.08 Å². The topological polar surface area (TPSA) is 83.5 Å². The van der Waals surface area contributed by atoms with E-state index >= 15 is 0 Å². The zero-order valence-electron chi connectivity index (χ0n) is 16.7. The average Bonchev–Trinajstić information content (AvgIpc) is 3.21. The number of carbonyl (C=O) groups is 1. The molecule has 1 N–H and O–H groups in total. The van der Waals surface area contributed by atoms with Gasteiger partial charge in [0, 0.05) is 0 Å². The van der Waals surface area contributed by atoms with Gasteiger partial charge < -0.3 is 28.8 Å². The molecule has 0 saturated carbocycles. The van der Waals surface area contributed by atoms with E-state index in [9.17, 15) is 9.90 Å². The third-order valence-electron chi connectivity index (χ3n) is 4.92. The SMILES string of the molecule is C=C[C@](O)([C@H](OC(=O)c1ccccc1)[C@H]1COC(C)(C)O1)[C@H]1COC(C)(C)O1. The summed E-state index contributed by atoms with van der Waals surface area (Å²) >= 11 is 0.